The Labute approximate surface area is 93.0 Å². The average molecular weight is 259 g/mol. The van der Waals surface area contributed by atoms with Crippen molar-refractivity contribution in [2.75, 3.05) is 0 Å². The van der Waals surface area contributed by atoms with Crippen LogP contribution in [0.1, 0.15) is 11.1 Å². The zero-order valence-electron chi connectivity index (χ0n) is 8.48. The highest BCUT2D eigenvalue weighted by Gasteiger charge is 2.00. The fourth-order valence-corrected chi connectivity index (χ4v) is 4.16. The molecule has 2 unspecified atom stereocenters. The summed E-state index contributed by atoms with van der Waals surface area (Å²) in [4.78, 5) is 5.75. The Bertz CT molecular complexity index is 466. The maximum Gasteiger partial charge on any atom is 0.182 e. The number of hydrogen-bond donors (Lipinski definition) is 1. The molecule has 0 spiro atoms. The van der Waals surface area contributed by atoms with Crippen molar-refractivity contribution in [3.05, 3.63) is 29.3 Å². The molecule has 1 aromatic carbocycles. The van der Waals surface area contributed by atoms with Gasteiger partial charge in [0.15, 0.2) is 14.3 Å². The van der Waals surface area contributed by atoms with Gasteiger partial charge in [0.2, 0.25) is 0 Å². The number of rotatable bonds is 2. The summed E-state index contributed by atoms with van der Waals surface area (Å²) in [6.45, 7) is 4.11. The Morgan fingerprint density at radius 3 is 3.07 bits per heavy atom. The summed E-state index contributed by atoms with van der Waals surface area (Å²) in [5.41, 5.74) is 2.35. The molecule has 4 nitrogen and oxygen atoms in total. The SMILES string of the molecule is Cc1ccc(C)c(On2pn[pH][nH][pH]2)c1. The lowest BCUT2D eigenvalue weighted by atomic mass is 10.1. The van der Waals surface area contributed by atoms with E-state index in [1.165, 1.54) is 5.56 Å². The molecule has 0 amide bonds. The van der Waals surface area contributed by atoms with Crippen LogP contribution in [0.5, 0.6) is 5.75 Å². The van der Waals surface area contributed by atoms with Gasteiger partial charge in [0.25, 0.3) is 0 Å². The summed E-state index contributed by atoms with van der Waals surface area (Å²) in [6.07, 6.45) is 0. The summed E-state index contributed by atoms with van der Waals surface area (Å²) >= 11 is 0. The van der Waals surface area contributed by atoms with Gasteiger partial charge in [0, 0.05) is 8.51 Å². The van der Waals surface area contributed by atoms with Crippen LogP contribution in [0, 0.1) is 13.8 Å². The van der Waals surface area contributed by atoms with Crippen molar-refractivity contribution in [1.29, 1.82) is 0 Å². The van der Waals surface area contributed by atoms with Gasteiger partial charge < -0.3 is 9.35 Å². The van der Waals surface area contributed by atoms with Crippen molar-refractivity contribution in [2.24, 2.45) is 0 Å². The van der Waals surface area contributed by atoms with Gasteiger partial charge in [-0.2, -0.15) is 4.51 Å². The third-order valence-corrected chi connectivity index (χ3v) is 4.66. The maximum absolute atomic E-state index is 5.75. The number of hydrogen-bond acceptors (Lipinski definition) is 2. The largest absolute Gasteiger partial charge is 0.366 e. The Hall–Kier alpha value is -0.680. The molecule has 0 bridgehead atoms. The number of aromatic amines is 1. The lowest BCUT2D eigenvalue weighted by molar-refractivity contribution is 0.274. The number of nitrogens with zero attached hydrogens (tertiary/aromatic N) is 2. The molecule has 15 heavy (non-hydrogen) atoms. The van der Waals surface area contributed by atoms with E-state index in [1.54, 1.807) is 0 Å². The van der Waals surface area contributed by atoms with Gasteiger partial charge >= 0.3 is 0 Å². The predicted molar refractivity (Wildman–Crippen MR) is 67.7 cm³/mol. The van der Waals surface area contributed by atoms with Crippen molar-refractivity contribution >= 4 is 25.5 Å². The number of benzene rings is 1. The molecule has 1 aromatic heterocycles. The minimum absolute atomic E-state index is 0.479. The van der Waals surface area contributed by atoms with Gasteiger partial charge in [-0.15, -0.1) is 4.26 Å². The zero-order chi connectivity index (χ0) is 10.7. The first-order valence-corrected chi connectivity index (χ1v) is 7.17. The Balaban J connectivity index is 2.28. The van der Waals surface area contributed by atoms with E-state index in [2.05, 4.69) is 28.1 Å². The van der Waals surface area contributed by atoms with Crippen LogP contribution in [-0.2, 0) is 0 Å². The van der Waals surface area contributed by atoms with E-state index in [-0.39, 0.29) is 0 Å². The fraction of sp³-hybridized carbons (Fsp3) is 0.250. The molecule has 1 N–H and O–H groups in total. The summed E-state index contributed by atoms with van der Waals surface area (Å²) in [5.74, 6) is 0.914. The van der Waals surface area contributed by atoms with E-state index in [9.17, 15) is 0 Å². The molecule has 1 heterocycles. The summed E-state index contributed by atoms with van der Waals surface area (Å²) < 4.78 is 9.19. The zero-order valence-corrected chi connectivity index (χ0v) is 11.4. The molecular weight excluding hydrogens is 247 g/mol. The maximum atomic E-state index is 5.75. The third kappa shape index (κ3) is 2.89. The van der Waals surface area contributed by atoms with Crippen LogP contribution >= 0.6 is 25.5 Å². The Kier molecular flexibility index (Phi) is 3.53. The number of H-pyrrole nitrogens is 1. The molecule has 0 aliphatic rings. The fourth-order valence-electron chi connectivity index (χ4n) is 1.12. The molecule has 0 saturated carbocycles. The van der Waals surface area contributed by atoms with Crippen LogP contribution in [-0.4, -0.2) is 13.3 Å². The lowest BCUT2D eigenvalue weighted by Gasteiger charge is -2.09. The van der Waals surface area contributed by atoms with E-state index in [0.29, 0.717) is 17.0 Å². The topological polar surface area (TPSA) is 42.8 Å². The van der Waals surface area contributed by atoms with Crippen LogP contribution < -0.4 is 4.84 Å². The van der Waals surface area contributed by atoms with Gasteiger partial charge in [0.1, 0.15) is 0 Å². The van der Waals surface area contributed by atoms with E-state index in [0.717, 1.165) is 19.8 Å². The quantitative estimate of drug-likeness (QED) is 0.897. The van der Waals surface area contributed by atoms with Gasteiger partial charge in [-0.3, -0.25) is 0 Å². The second-order valence-corrected chi connectivity index (χ2v) is 6.74. The van der Waals surface area contributed by atoms with Gasteiger partial charge in [-0.05, 0) is 31.0 Å². The predicted octanol–water partition coefficient (Wildman–Crippen LogP) is 3.44. The first-order chi connectivity index (χ1) is 7.25. The first-order valence-electron chi connectivity index (χ1n) is 4.47. The number of nitrogens with one attached hydrogen (secondary N) is 1. The van der Waals surface area contributed by atoms with Gasteiger partial charge in [0.05, 0.1) is 8.51 Å². The normalized spacial score (nSPS) is 11.6. The molecular formula is C8H12N3OP3. The monoisotopic (exact) mass is 259 g/mol. The lowest BCUT2D eigenvalue weighted by Crippen LogP contribution is -1.99. The van der Waals surface area contributed by atoms with Crippen molar-refractivity contribution in [3.8, 4) is 5.75 Å². The molecule has 0 fully saturated rings. The van der Waals surface area contributed by atoms with E-state index < -0.39 is 0 Å². The molecule has 0 radical (unpaired) electrons. The highest BCUT2D eigenvalue weighted by atomic mass is 31.1. The molecule has 0 saturated heterocycles. The molecule has 2 rings (SSSR count). The third-order valence-electron chi connectivity index (χ3n) is 1.91. The second-order valence-electron chi connectivity index (χ2n) is 3.17. The Morgan fingerprint density at radius 1 is 1.47 bits per heavy atom. The van der Waals surface area contributed by atoms with E-state index in [1.807, 2.05) is 17.2 Å². The molecule has 0 aliphatic heterocycles. The standard InChI is InChI=1S/C8H12N3OP3/c1-6-3-4-7(2)8(5-6)12-11-14-9-13-10-15-11/h3-5,9,13-14H,1-2H3. The highest BCUT2D eigenvalue weighted by molar-refractivity contribution is 7.44. The molecule has 80 valence electrons. The van der Waals surface area contributed by atoms with Crippen LogP contribution in [0.25, 0.3) is 0 Å². The number of aromatic nitrogens is 3. The molecule has 0 aliphatic carbocycles. The minimum Gasteiger partial charge on any atom is -0.366 e. The smallest absolute Gasteiger partial charge is 0.182 e. The van der Waals surface area contributed by atoms with Crippen molar-refractivity contribution in [2.45, 2.75) is 13.8 Å². The second kappa shape index (κ2) is 4.90. The van der Waals surface area contributed by atoms with Crippen LogP contribution in [0.4, 0.5) is 0 Å². The van der Waals surface area contributed by atoms with Crippen LogP contribution in [0.15, 0.2) is 18.2 Å². The minimum atomic E-state index is 0.479. The van der Waals surface area contributed by atoms with Crippen molar-refractivity contribution in [1.82, 2.24) is 13.3 Å². The van der Waals surface area contributed by atoms with Gasteiger partial charge in [-0.25, -0.2) is 0 Å². The van der Waals surface area contributed by atoms with Crippen molar-refractivity contribution in [3.63, 3.8) is 0 Å². The molecule has 7 heteroatoms. The molecule has 2 atom stereocenters. The first kappa shape index (κ1) is 10.8. The molecule has 2 aromatic rings. The average Bonchev–Trinajstić information content (AvgIpc) is 2.25. The van der Waals surface area contributed by atoms with Crippen LogP contribution in [0.3, 0.4) is 0 Å². The highest BCUT2D eigenvalue weighted by Crippen LogP contribution is 2.22. The Morgan fingerprint density at radius 2 is 2.33 bits per heavy atom. The summed E-state index contributed by atoms with van der Waals surface area (Å²) in [6, 6.07) is 6.20. The van der Waals surface area contributed by atoms with Gasteiger partial charge in [-0.1, -0.05) is 12.1 Å². The van der Waals surface area contributed by atoms with Crippen molar-refractivity contribution < 1.29 is 4.84 Å². The summed E-state index contributed by atoms with van der Waals surface area (Å²) in [5, 5.41) is 0. The van der Waals surface area contributed by atoms with E-state index >= 15 is 0 Å². The van der Waals surface area contributed by atoms with E-state index in [4.69, 9.17) is 4.84 Å². The summed E-state index contributed by atoms with van der Waals surface area (Å²) in [7, 11) is 1.87. The van der Waals surface area contributed by atoms with Crippen LogP contribution in [0.2, 0.25) is 0 Å². The number of aryl methyl sites for hydroxylation is 2.